The predicted octanol–water partition coefficient (Wildman–Crippen LogP) is 2.73. The molecule has 1 fully saturated rings. The molecule has 0 spiro atoms. The second kappa shape index (κ2) is 4.88. The molecule has 2 atom stereocenters. The van der Waals surface area contributed by atoms with Gasteiger partial charge in [0.05, 0.1) is 16.9 Å². The van der Waals surface area contributed by atoms with E-state index in [9.17, 15) is 4.79 Å². The molecule has 3 N–H and O–H groups in total. The second-order valence-corrected chi connectivity index (χ2v) is 4.97. The first kappa shape index (κ1) is 12.7. The fraction of sp³-hybridized carbons (Fsp3) is 0.500. The summed E-state index contributed by atoms with van der Waals surface area (Å²) in [6, 6.07) is 6.00. The van der Waals surface area contributed by atoms with Crippen molar-refractivity contribution in [3.8, 4) is 0 Å². The molecule has 18 heavy (non-hydrogen) atoms. The Labute approximate surface area is 107 Å². The van der Waals surface area contributed by atoms with Gasteiger partial charge in [0, 0.05) is 12.1 Å². The van der Waals surface area contributed by atoms with E-state index in [2.05, 4.69) is 18.7 Å². The Kier molecular flexibility index (Phi) is 3.45. The van der Waals surface area contributed by atoms with E-state index in [1.54, 1.807) is 12.1 Å². The molecule has 0 radical (unpaired) electrons. The Morgan fingerprint density at radius 2 is 2.22 bits per heavy atom. The molecule has 1 aromatic rings. The third kappa shape index (κ3) is 2.15. The van der Waals surface area contributed by atoms with E-state index in [1.165, 1.54) is 12.8 Å². The second-order valence-electron chi connectivity index (χ2n) is 4.97. The Balaban J connectivity index is 2.35. The molecular formula is C14H20N2O2. The summed E-state index contributed by atoms with van der Waals surface area (Å²) < 4.78 is 0. The van der Waals surface area contributed by atoms with E-state index in [1.807, 2.05) is 6.07 Å². The van der Waals surface area contributed by atoms with Crippen LogP contribution in [0.25, 0.3) is 0 Å². The van der Waals surface area contributed by atoms with Crippen LogP contribution in [-0.4, -0.2) is 23.2 Å². The zero-order valence-corrected chi connectivity index (χ0v) is 10.9. The number of nitrogens with two attached hydrogens (primary N) is 1. The molecule has 4 heteroatoms. The van der Waals surface area contributed by atoms with Crippen LogP contribution >= 0.6 is 0 Å². The number of carboxylic acids is 1. The molecule has 2 rings (SSSR count). The highest BCUT2D eigenvalue weighted by molar-refractivity contribution is 5.90. The fourth-order valence-electron chi connectivity index (χ4n) is 2.83. The SMILES string of the molecule is CCC1CCC(C)N1c1ccc(C(=O)O)cc1N. The maximum Gasteiger partial charge on any atom is 0.335 e. The predicted molar refractivity (Wildman–Crippen MR) is 73.1 cm³/mol. The minimum Gasteiger partial charge on any atom is -0.478 e. The molecule has 1 aliphatic heterocycles. The number of nitrogen functional groups attached to an aromatic ring is 1. The summed E-state index contributed by atoms with van der Waals surface area (Å²) in [7, 11) is 0. The number of carbonyl (C=O) groups is 1. The number of carboxylic acid groups (broad SMARTS) is 1. The molecule has 0 aromatic heterocycles. The summed E-state index contributed by atoms with van der Waals surface area (Å²) in [5, 5.41) is 8.95. The van der Waals surface area contributed by atoms with Crippen molar-refractivity contribution in [2.45, 2.75) is 45.2 Å². The quantitative estimate of drug-likeness (QED) is 0.807. The van der Waals surface area contributed by atoms with Gasteiger partial charge in [-0.1, -0.05) is 6.92 Å². The van der Waals surface area contributed by atoms with Gasteiger partial charge >= 0.3 is 5.97 Å². The highest BCUT2D eigenvalue weighted by Crippen LogP contribution is 2.35. The molecule has 1 heterocycles. The highest BCUT2D eigenvalue weighted by atomic mass is 16.4. The largest absolute Gasteiger partial charge is 0.478 e. The normalized spacial score (nSPS) is 23.3. The van der Waals surface area contributed by atoms with E-state index in [0.717, 1.165) is 12.1 Å². The van der Waals surface area contributed by atoms with E-state index in [0.29, 0.717) is 17.8 Å². The number of nitrogens with zero attached hydrogens (tertiary/aromatic N) is 1. The topological polar surface area (TPSA) is 66.6 Å². The van der Waals surface area contributed by atoms with Gasteiger partial charge in [0.15, 0.2) is 0 Å². The number of benzene rings is 1. The lowest BCUT2D eigenvalue weighted by atomic mass is 10.1. The number of rotatable bonds is 3. The van der Waals surface area contributed by atoms with Crippen molar-refractivity contribution in [2.75, 3.05) is 10.6 Å². The van der Waals surface area contributed by atoms with Gasteiger partial charge < -0.3 is 15.7 Å². The van der Waals surface area contributed by atoms with Gasteiger partial charge in [0.1, 0.15) is 0 Å². The lowest BCUT2D eigenvalue weighted by molar-refractivity contribution is 0.0697. The van der Waals surface area contributed by atoms with Gasteiger partial charge in [-0.25, -0.2) is 4.79 Å². The molecule has 4 nitrogen and oxygen atoms in total. The third-order valence-corrected chi connectivity index (χ3v) is 3.81. The van der Waals surface area contributed by atoms with Gasteiger partial charge in [0.25, 0.3) is 0 Å². The molecule has 0 bridgehead atoms. The fourth-order valence-corrected chi connectivity index (χ4v) is 2.83. The van der Waals surface area contributed by atoms with Gasteiger partial charge in [0.2, 0.25) is 0 Å². The van der Waals surface area contributed by atoms with Gasteiger partial charge in [-0.15, -0.1) is 0 Å². The van der Waals surface area contributed by atoms with Crippen LogP contribution in [0.1, 0.15) is 43.5 Å². The summed E-state index contributed by atoms with van der Waals surface area (Å²) in [5.74, 6) is -0.935. The zero-order chi connectivity index (χ0) is 13.3. The van der Waals surface area contributed by atoms with Crippen molar-refractivity contribution in [3.05, 3.63) is 23.8 Å². The zero-order valence-electron chi connectivity index (χ0n) is 10.9. The number of anilines is 2. The minimum absolute atomic E-state index is 0.246. The maximum atomic E-state index is 10.9. The molecule has 0 amide bonds. The highest BCUT2D eigenvalue weighted by Gasteiger charge is 2.30. The smallest absolute Gasteiger partial charge is 0.335 e. The van der Waals surface area contributed by atoms with Crippen LogP contribution in [-0.2, 0) is 0 Å². The van der Waals surface area contributed by atoms with Crippen molar-refractivity contribution in [3.63, 3.8) is 0 Å². The van der Waals surface area contributed by atoms with Crippen molar-refractivity contribution >= 4 is 17.3 Å². The Hall–Kier alpha value is -1.71. The summed E-state index contributed by atoms with van der Waals surface area (Å²) in [5.41, 5.74) is 7.79. The van der Waals surface area contributed by atoms with Crippen molar-refractivity contribution in [1.29, 1.82) is 0 Å². The lowest BCUT2D eigenvalue weighted by Gasteiger charge is -2.31. The van der Waals surface area contributed by atoms with Gasteiger partial charge in [-0.3, -0.25) is 0 Å². The summed E-state index contributed by atoms with van der Waals surface area (Å²) in [4.78, 5) is 13.2. The van der Waals surface area contributed by atoms with E-state index in [-0.39, 0.29) is 5.56 Å². The first-order valence-corrected chi connectivity index (χ1v) is 6.45. The van der Waals surface area contributed by atoms with Crippen molar-refractivity contribution < 1.29 is 9.90 Å². The number of aromatic carboxylic acids is 1. The van der Waals surface area contributed by atoms with E-state index < -0.39 is 5.97 Å². The van der Waals surface area contributed by atoms with Crippen LogP contribution in [0.3, 0.4) is 0 Å². The molecule has 2 unspecified atom stereocenters. The molecule has 0 saturated carbocycles. The summed E-state index contributed by atoms with van der Waals surface area (Å²) in [6.07, 6.45) is 3.43. The molecule has 98 valence electrons. The third-order valence-electron chi connectivity index (χ3n) is 3.81. The number of hydrogen-bond acceptors (Lipinski definition) is 3. The first-order valence-electron chi connectivity index (χ1n) is 6.45. The number of hydrogen-bond donors (Lipinski definition) is 2. The van der Waals surface area contributed by atoms with Crippen LogP contribution in [0.15, 0.2) is 18.2 Å². The summed E-state index contributed by atoms with van der Waals surface area (Å²) in [6.45, 7) is 4.37. The van der Waals surface area contributed by atoms with Crippen LogP contribution < -0.4 is 10.6 Å². The van der Waals surface area contributed by atoms with Crippen LogP contribution in [0.2, 0.25) is 0 Å². The van der Waals surface area contributed by atoms with Gasteiger partial charge in [-0.2, -0.15) is 0 Å². The van der Waals surface area contributed by atoms with Crippen LogP contribution in [0.4, 0.5) is 11.4 Å². The molecule has 1 saturated heterocycles. The molecular weight excluding hydrogens is 228 g/mol. The molecule has 1 aliphatic rings. The van der Waals surface area contributed by atoms with Gasteiger partial charge in [-0.05, 0) is 44.4 Å². The standard InChI is InChI=1S/C14H20N2O2/c1-3-11-6-4-9(2)16(11)13-7-5-10(14(17)18)8-12(13)15/h5,7-9,11H,3-4,6,15H2,1-2H3,(H,17,18). The lowest BCUT2D eigenvalue weighted by Crippen LogP contribution is -2.34. The first-order chi connectivity index (χ1) is 8.54. The van der Waals surface area contributed by atoms with E-state index in [4.69, 9.17) is 10.8 Å². The molecule has 1 aromatic carbocycles. The van der Waals surface area contributed by atoms with Crippen molar-refractivity contribution in [1.82, 2.24) is 0 Å². The monoisotopic (exact) mass is 248 g/mol. The Morgan fingerprint density at radius 3 is 2.78 bits per heavy atom. The van der Waals surface area contributed by atoms with E-state index >= 15 is 0 Å². The van der Waals surface area contributed by atoms with Crippen LogP contribution in [0.5, 0.6) is 0 Å². The van der Waals surface area contributed by atoms with Crippen molar-refractivity contribution in [2.24, 2.45) is 0 Å². The maximum absolute atomic E-state index is 10.9. The Morgan fingerprint density at radius 1 is 1.50 bits per heavy atom. The summed E-state index contributed by atoms with van der Waals surface area (Å²) >= 11 is 0. The Bertz CT molecular complexity index is 459. The molecule has 0 aliphatic carbocycles. The average Bonchev–Trinajstić information content (AvgIpc) is 2.70. The minimum atomic E-state index is -0.935. The van der Waals surface area contributed by atoms with Crippen LogP contribution in [0, 0.1) is 0 Å². The average molecular weight is 248 g/mol.